The summed E-state index contributed by atoms with van der Waals surface area (Å²) < 4.78 is 10.3. The highest BCUT2D eigenvalue weighted by atomic mass is 16.6. The molecule has 0 amide bonds. The molecule has 0 unspecified atom stereocenters. The number of nitro benzene ring substituents is 1. The van der Waals surface area contributed by atoms with E-state index in [-0.39, 0.29) is 22.7 Å². The molecule has 2 aromatic carbocycles. The van der Waals surface area contributed by atoms with Gasteiger partial charge in [-0.1, -0.05) is 6.07 Å². The maximum absolute atomic E-state index is 12.2. The van der Waals surface area contributed by atoms with Gasteiger partial charge >= 0.3 is 5.97 Å². The molecule has 0 saturated heterocycles. The molecule has 0 aromatic heterocycles. The highest BCUT2D eigenvalue weighted by Gasteiger charge is 2.18. The van der Waals surface area contributed by atoms with Crippen molar-refractivity contribution in [1.29, 1.82) is 5.26 Å². The first kappa shape index (κ1) is 16.0. The largest absolute Gasteiger partial charge is 0.493 e. The topological polar surface area (TPSA) is 102 Å². The fraction of sp³-hybridized carbons (Fsp3) is 0.125. The first-order valence-corrected chi connectivity index (χ1v) is 6.51. The minimum absolute atomic E-state index is 0.0497. The van der Waals surface area contributed by atoms with Crippen molar-refractivity contribution in [3.05, 3.63) is 63.2 Å². The molecule has 0 radical (unpaired) electrons. The first-order valence-electron chi connectivity index (χ1n) is 6.51. The molecular weight excluding hydrogens is 300 g/mol. The van der Waals surface area contributed by atoms with Gasteiger partial charge in [0.25, 0.3) is 5.69 Å². The number of nitro groups is 1. The van der Waals surface area contributed by atoms with Crippen LogP contribution < -0.4 is 9.47 Å². The van der Waals surface area contributed by atoms with E-state index in [1.807, 2.05) is 6.07 Å². The summed E-state index contributed by atoms with van der Waals surface area (Å²) in [6.45, 7) is 1.58. The van der Waals surface area contributed by atoms with Gasteiger partial charge in [-0.25, -0.2) is 4.79 Å². The summed E-state index contributed by atoms with van der Waals surface area (Å²) in [4.78, 5) is 22.5. The third-order valence-corrected chi connectivity index (χ3v) is 3.14. The second-order valence-corrected chi connectivity index (χ2v) is 4.63. The van der Waals surface area contributed by atoms with Crippen molar-refractivity contribution < 1.29 is 19.2 Å². The Hall–Kier alpha value is -3.40. The van der Waals surface area contributed by atoms with Crippen LogP contribution in [0.5, 0.6) is 11.5 Å². The van der Waals surface area contributed by atoms with Crippen LogP contribution >= 0.6 is 0 Å². The fourth-order valence-electron chi connectivity index (χ4n) is 1.91. The van der Waals surface area contributed by atoms with Gasteiger partial charge in [0, 0.05) is 17.7 Å². The number of ether oxygens (including phenoxy) is 2. The normalized spacial score (nSPS) is 9.78. The Bertz CT molecular complexity index is 824. The van der Waals surface area contributed by atoms with Gasteiger partial charge in [0.05, 0.1) is 29.2 Å². The number of hydrogen-bond acceptors (Lipinski definition) is 6. The SMILES string of the molecule is COc1cc(C#N)ccc1OC(=O)c1ccc(C)c([N+](=O)[O-])c1. The maximum atomic E-state index is 12.2. The zero-order valence-corrected chi connectivity index (χ0v) is 12.4. The van der Waals surface area contributed by atoms with Crippen LogP contribution in [0.3, 0.4) is 0 Å². The molecule has 2 rings (SSSR count). The van der Waals surface area contributed by atoms with Crippen molar-refractivity contribution in [3.8, 4) is 17.6 Å². The van der Waals surface area contributed by atoms with Crippen LogP contribution in [0.15, 0.2) is 36.4 Å². The Morgan fingerprint density at radius 2 is 1.96 bits per heavy atom. The Morgan fingerprint density at radius 3 is 2.57 bits per heavy atom. The number of esters is 1. The molecule has 23 heavy (non-hydrogen) atoms. The summed E-state index contributed by atoms with van der Waals surface area (Å²) in [6, 6.07) is 10.4. The van der Waals surface area contributed by atoms with Crippen LogP contribution in [0.25, 0.3) is 0 Å². The molecule has 0 N–H and O–H groups in total. The standard InChI is InChI=1S/C16H12N2O5/c1-10-3-5-12(8-13(10)18(20)21)16(19)23-14-6-4-11(9-17)7-15(14)22-2/h3-8H,1-2H3. The molecule has 0 atom stereocenters. The van der Waals surface area contributed by atoms with Gasteiger partial charge < -0.3 is 9.47 Å². The van der Waals surface area contributed by atoms with Crippen molar-refractivity contribution >= 4 is 11.7 Å². The smallest absolute Gasteiger partial charge is 0.343 e. The average Bonchev–Trinajstić information content (AvgIpc) is 2.55. The zero-order valence-electron chi connectivity index (χ0n) is 12.4. The Kier molecular flexibility index (Phi) is 4.57. The van der Waals surface area contributed by atoms with E-state index in [9.17, 15) is 14.9 Å². The van der Waals surface area contributed by atoms with E-state index in [1.165, 1.54) is 37.4 Å². The first-order chi connectivity index (χ1) is 11.0. The third-order valence-electron chi connectivity index (χ3n) is 3.14. The number of hydrogen-bond donors (Lipinski definition) is 0. The summed E-state index contributed by atoms with van der Waals surface area (Å²) >= 11 is 0. The quantitative estimate of drug-likeness (QED) is 0.372. The highest BCUT2D eigenvalue weighted by Crippen LogP contribution is 2.29. The summed E-state index contributed by atoms with van der Waals surface area (Å²) in [7, 11) is 1.38. The predicted octanol–water partition coefficient (Wildman–Crippen LogP) is 3.00. The lowest BCUT2D eigenvalue weighted by Crippen LogP contribution is -2.10. The zero-order chi connectivity index (χ0) is 17.0. The number of aryl methyl sites for hydroxylation is 1. The van der Waals surface area contributed by atoms with Gasteiger partial charge in [0.15, 0.2) is 11.5 Å². The van der Waals surface area contributed by atoms with Crippen LogP contribution in [0.2, 0.25) is 0 Å². The summed E-state index contributed by atoms with van der Waals surface area (Å²) in [6.07, 6.45) is 0. The highest BCUT2D eigenvalue weighted by molar-refractivity contribution is 5.92. The Balaban J connectivity index is 2.31. The third kappa shape index (κ3) is 3.44. The molecule has 0 aliphatic heterocycles. The van der Waals surface area contributed by atoms with Gasteiger partial charge in [-0.05, 0) is 25.1 Å². The Morgan fingerprint density at radius 1 is 1.22 bits per heavy atom. The van der Waals surface area contributed by atoms with Crippen LogP contribution in [0.4, 0.5) is 5.69 Å². The number of benzene rings is 2. The number of methoxy groups -OCH3 is 1. The predicted molar refractivity (Wildman–Crippen MR) is 80.5 cm³/mol. The van der Waals surface area contributed by atoms with Gasteiger partial charge in [-0.3, -0.25) is 10.1 Å². The number of carbonyl (C=O) groups excluding carboxylic acids is 1. The van der Waals surface area contributed by atoms with Crippen molar-refractivity contribution in [2.45, 2.75) is 6.92 Å². The number of nitrogens with zero attached hydrogens (tertiary/aromatic N) is 2. The number of nitriles is 1. The molecule has 0 aliphatic carbocycles. The molecule has 0 bridgehead atoms. The van der Waals surface area contributed by atoms with E-state index in [4.69, 9.17) is 14.7 Å². The fourth-order valence-corrected chi connectivity index (χ4v) is 1.91. The average molecular weight is 312 g/mol. The molecule has 0 aliphatic rings. The van der Waals surface area contributed by atoms with Crippen LogP contribution in [0.1, 0.15) is 21.5 Å². The molecular formula is C16H12N2O5. The van der Waals surface area contributed by atoms with E-state index in [0.717, 1.165) is 6.07 Å². The molecule has 0 fully saturated rings. The molecule has 7 nitrogen and oxygen atoms in total. The summed E-state index contributed by atoms with van der Waals surface area (Å²) in [5, 5.41) is 19.8. The molecule has 0 spiro atoms. The minimum atomic E-state index is -0.754. The van der Waals surface area contributed by atoms with Gasteiger partial charge in [-0.15, -0.1) is 0 Å². The van der Waals surface area contributed by atoms with Crippen molar-refractivity contribution in [1.82, 2.24) is 0 Å². The summed E-state index contributed by atoms with van der Waals surface area (Å²) in [5.41, 5.74) is 0.690. The number of carbonyl (C=O) groups is 1. The molecule has 2 aromatic rings. The molecule has 7 heteroatoms. The van der Waals surface area contributed by atoms with E-state index in [2.05, 4.69) is 0 Å². The van der Waals surface area contributed by atoms with Gasteiger partial charge in [-0.2, -0.15) is 5.26 Å². The van der Waals surface area contributed by atoms with Crippen molar-refractivity contribution in [3.63, 3.8) is 0 Å². The van der Waals surface area contributed by atoms with Crippen LogP contribution in [-0.4, -0.2) is 18.0 Å². The molecule has 0 saturated carbocycles. The van der Waals surface area contributed by atoms with E-state index < -0.39 is 10.9 Å². The van der Waals surface area contributed by atoms with Crippen molar-refractivity contribution in [2.75, 3.05) is 7.11 Å². The van der Waals surface area contributed by atoms with E-state index in [1.54, 1.807) is 6.92 Å². The lowest BCUT2D eigenvalue weighted by atomic mass is 10.1. The second kappa shape index (κ2) is 6.58. The number of rotatable bonds is 4. The molecule has 116 valence electrons. The van der Waals surface area contributed by atoms with Crippen LogP contribution in [-0.2, 0) is 0 Å². The van der Waals surface area contributed by atoms with E-state index in [0.29, 0.717) is 11.1 Å². The lowest BCUT2D eigenvalue weighted by molar-refractivity contribution is -0.385. The molecule has 0 heterocycles. The van der Waals surface area contributed by atoms with Crippen LogP contribution in [0, 0.1) is 28.4 Å². The maximum Gasteiger partial charge on any atom is 0.343 e. The Labute approximate surface area is 131 Å². The minimum Gasteiger partial charge on any atom is -0.493 e. The monoisotopic (exact) mass is 312 g/mol. The van der Waals surface area contributed by atoms with Gasteiger partial charge in [0.1, 0.15) is 0 Å². The summed E-state index contributed by atoms with van der Waals surface area (Å²) in [5.74, 6) is -0.408. The van der Waals surface area contributed by atoms with E-state index >= 15 is 0 Å². The van der Waals surface area contributed by atoms with Gasteiger partial charge in [0.2, 0.25) is 0 Å². The second-order valence-electron chi connectivity index (χ2n) is 4.63. The lowest BCUT2D eigenvalue weighted by Gasteiger charge is -2.09. The van der Waals surface area contributed by atoms with Crippen molar-refractivity contribution in [2.24, 2.45) is 0 Å².